The molecule has 0 N–H and O–H groups in total. The zero-order valence-electron chi connectivity index (χ0n) is 19.1. The Morgan fingerprint density at radius 3 is 2.52 bits per heavy atom. The highest BCUT2D eigenvalue weighted by molar-refractivity contribution is 6.10. The third-order valence-electron chi connectivity index (χ3n) is 7.75. The second-order valence-electron chi connectivity index (χ2n) is 9.73. The number of Topliss-reactive ketones (excluding diaryl/α,β-unsaturated/α-hetero) is 1. The molecule has 1 aliphatic rings. The number of carbonyl (C=O) groups is 1. The average molecular weight is 430 g/mol. The van der Waals surface area contributed by atoms with Crippen LogP contribution in [0, 0.1) is 5.92 Å². The smallest absolute Gasteiger partial charge is 0.144 e. The molecule has 2 heteroatoms. The predicted molar refractivity (Wildman–Crippen MR) is 137 cm³/mol. The summed E-state index contributed by atoms with van der Waals surface area (Å²) >= 11 is 0. The molecule has 4 aromatic carbocycles. The molecule has 162 valence electrons. The number of benzene rings is 4. The number of pyridine rings is 1. The molecule has 1 unspecified atom stereocenters. The molecule has 0 amide bonds. The number of nitrogens with zero attached hydrogens (tertiary/aromatic N) is 1. The van der Waals surface area contributed by atoms with E-state index < -0.39 is 5.41 Å². The second kappa shape index (κ2) is 7.52. The van der Waals surface area contributed by atoms with Gasteiger partial charge in [-0.3, -0.25) is 9.78 Å². The fourth-order valence-electron chi connectivity index (χ4n) is 6.04. The number of rotatable bonds is 3. The van der Waals surface area contributed by atoms with Gasteiger partial charge < -0.3 is 0 Å². The predicted octanol–water partition coefficient (Wildman–Crippen LogP) is 7.19. The highest BCUT2D eigenvalue weighted by Crippen LogP contribution is 2.46. The molecule has 0 aliphatic heterocycles. The fourth-order valence-corrected chi connectivity index (χ4v) is 6.04. The van der Waals surface area contributed by atoms with Crippen molar-refractivity contribution in [3.63, 3.8) is 0 Å². The molecule has 5 aromatic rings. The molecule has 0 spiro atoms. The minimum atomic E-state index is -0.511. The molecule has 0 fully saturated rings. The lowest BCUT2D eigenvalue weighted by molar-refractivity contribution is -0.127. The molecule has 0 saturated carbocycles. The molecule has 0 saturated heterocycles. The van der Waals surface area contributed by atoms with Crippen molar-refractivity contribution < 1.29 is 4.79 Å². The van der Waals surface area contributed by atoms with Gasteiger partial charge in [0.15, 0.2) is 0 Å². The van der Waals surface area contributed by atoms with Gasteiger partial charge in [-0.25, -0.2) is 0 Å². The van der Waals surface area contributed by atoms with Crippen LogP contribution in [0.15, 0.2) is 85.1 Å². The first-order valence-corrected chi connectivity index (χ1v) is 11.9. The Balaban J connectivity index is 1.57. The number of aryl methyl sites for hydroxylation is 1. The third-order valence-corrected chi connectivity index (χ3v) is 7.75. The standard InChI is InChI=1S/C31H27NO/c1-20(2)31(19-21-9-15-29-23(18-21)7-5-17-32-29)28-14-12-25-24-8-4-3-6-22(24)10-11-26(25)27(28)13-16-30(31)33/h3-12,14-15,17-18,20H,13,16,19H2,1-2H3. The summed E-state index contributed by atoms with van der Waals surface area (Å²) in [6, 6.07) is 28.1. The maximum Gasteiger partial charge on any atom is 0.144 e. The first-order valence-electron chi connectivity index (χ1n) is 11.9. The number of hydrogen-bond donors (Lipinski definition) is 0. The molecule has 33 heavy (non-hydrogen) atoms. The van der Waals surface area contributed by atoms with Gasteiger partial charge in [0.25, 0.3) is 0 Å². The maximum absolute atomic E-state index is 13.7. The Kier molecular flexibility index (Phi) is 4.58. The first kappa shape index (κ1) is 20.1. The average Bonchev–Trinajstić information content (AvgIpc) is 2.85. The quantitative estimate of drug-likeness (QED) is 0.284. The van der Waals surface area contributed by atoms with Crippen LogP contribution in [0.1, 0.15) is 37.0 Å². The number of aromatic nitrogens is 1. The molecular formula is C31H27NO. The van der Waals surface area contributed by atoms with E-state index >= 15 is 0 Å². The van der Waals surface area contributed by atoms with Crippen molar-refractivity contribution in [1.29, 1.82) is 0 Å². The lowest BCUT2D eigenvalue weighted by Gasteiger charge is -2.42. The second-order valence-corrected chi connectivity index (χ2v) is 9.73. The largest absolute Gasteiger partial charge is 0.299 e. The Morgan fingerprint density at radius 1 is 0.818 bits per heavy atom. The molecule has 1 aliphatic carbocycles. The van der Waals surface area contributed by atoms with Gasteiger partial charge >= 0.3 is 0 Å². The van der Waals surface area contributed by atoms with E-state index in [2.05, 4.69) is 91.6 Å². The van der Waals surface area contributed by atoms with Crippen molar-refractivity contribution in [1.82, 2.24) is 4.98 Å². The van der Waals surface area contributed by atoms with E-state index in [4.69, 9.17) is 0 Å². The van der Waals surface area contributed by atoms with Crippen LogP contribution >= 0.6 is 0 Å². The number of fused-ring (bicyclic) bond motifs is 6. The van der Waals surface area contributed by atoms with Crippen molar-refractivity contribution >= 4 is 38.2 Å². The summed E-state index contributed by atoms with van der Waals surface area (Å²) in [6.45, 7) is 4.42. The van der Waals surface area contributed by atoms with Crippen LogP contribution in [0.25, 0.3) is 32.4 Å². The SMILES string of the molecule is CC(C)C1(Cc2ccc3ncccc3c2)C(=O)CCc2c1ccc1c2ccc2ccccc21. The third kappa shape index (κ3) is 3.01. The molecule has 2 nitrogen and oxygen atoms in total. The van der Waals surface area contributed by atoms with Crippen LogP contribution < -0.4 is 0 Å². The van der Waals surface area contributed by atoms with Crippen molar-refractivity contribution in [2.45, 2.75) is 38.5 Å². The zero-order valence-corrected chi connectivity index (χ0v) is 19.1. The summed E-state index contributed by atoms with van der Waals surface area (Å²) in [6.07, 6.45) is 3.97. The maximum atomic E-state index is 13.7. The zero-order chi connectivity index (χ0) is 22.6. The highest BCUT2D eigenvalue weighted by atomic mass is 16.1. The van der Waals surface area contributed by atoms with Gasteiger partial charge in [-0.2, -0.15) is 0 Å². The Bertz CT molecular complexity index is 1550. The molecule has 0 bridgehead atoms. The Labute approximate surface area is 194 Å². The molecule has 0 radical (unpaired) electrons. The van der Waals surface area contributed by atoms with E-state index in [1.807, 2.05) is 12.3 Å². The van der Waals surface area contributed by atoms with Gasteiger partial charge in [0.05, 0.1) is 10.9 Å². The summed E-state index contributed by atoms with van der Waals surface area (Å²) in [7, 11) is 0. The van der Waals surface area contributed by atoms with E-state index in [1.54, 1.807) is 0 Å². The van der Waals surface area contributed by atoms with Crippen LogP contribution in [-0.4, -0.2) is 10.8 Å². The summed E-state index contributed by atoms with van der Waals surface area (Å²) in [5, 5.41) is 6.26. The van der Waals surface area contributed by atoms with Gasteiger partial charge in [0.1, 0.15) is 5.78 Å². The summed E-state index contributed by atoms with van der Waals surface area (Å²) in [4.78, 5) is 18.2. The molecule has 6 rings (SSSR count). The number of hydrogen-bond acceptors (Lipinski definition) is 2. The fraction of sp³-hybridized carbons (Fsp3) is 0.226. The van der Waals surface area contributed by atoms with Gasteiger partial charge in [-0.15, -0.1) is 0 Å². The lowest BCUT2D eigenvalue weighted by Crippen LogP contribution is -2.46. The number of ketones is 1. The Morgan fingerprint density at radius 2 is 1.64 bits per heavy atom. The van der Waals surface area contributed by atoms with E-state index in [0.29, 0.717) is 12.2 Å². The summed E-state index contributed by atoms with van der Waals surface area (Å²) in [5.74, 6) is 0.572. The minimum absolute atomic E-state index is 0.201. The van der Waals surface area contributed by atoms with Crippen LogP contribution in [0.3, 0.4) is 0 Å². The van der Waals surface area contributed by atoms with Gasteiger partial charge in [0, 0.05) is 18.0 Å². The van der Waals surface area contributed by atoms with Crippen LogP contribution in [-0.2, 0) is 23.1 Å². The highest BCUT2D eigenvalue weighted by Gasteiger charge is 2.46. The van der Waals surface area contributed by atoms with Crippen molar-refractivity contribution in [2.75, 3.05) is 0 Å². The summed E-state index contributed by atoms with van der Waals surface area (Å²) in [5.41, 5.74) is 4.26. The van der Waals surface area contributed by atoms with Gasteiger partial charge in [0.2, 0.25) is 0 Å². The van der Waals surface area contributed by atoms with Gasteiger partial charge in [-0.05, 0) is 75.2 Å². The van der Waals surface area contributed by atoms with E-state index in [-0.39, 0.29) is 5.92 Å². The number of carbonyl (C=O) groups excluding carboxylic acids is 1. The lowest BCUT2D eigenvalue weighted by atomic mass is 9.60. The molecular weight excluding hydrogens is 402 g/mol. The van der Waals surface area contributed by atoms with Crippen LogP contribution in [0.5, 0.6) is 0 Å². The van der Waals surface area contributed by atoms with Crippen molar-refractivity contribution in [3.8, 4) is 0 Å². The van der Waals surface area contributed by atoms with Crippen LogP contribution in [0.4, 0.5) is 0 Å². The molecule has 1 atom stereocenters. The molecule has 1 aromatic heterocycles. The van der Waals surface area contributed by atoms with E-state index in [9.17, 15) is 4.79 Å². The van der Waals surface area contributed by atoms with Crippen molar-refractivity contribution in [2.24, 2.45) is 5.92 Å². The van der Waals surface area contributed by atoms with Crippen LogP contribution in [0.2, 0.25) is 0 Å². The minimum Gasteiger partial charge on any atom is -0.299 e. The monoisotopic (exact) mass is 429 g/mol. The summed E-state index contributed by atoms with van der Waals surface area (Å²) < 4.78 is 0. The van der Waals surface area contributed by atoms with E-state index in [0.717, 1.165) is 23.7 Å². The molecule has 1 heterocycles. The normalized spacial score (nSPS) is 18.3. The first-order chi connectivity index (χ1) is 16.1. The topological polar surface area (TPSA) is 30.0 Å². The van der Waals surface area contributed by atoms with Crippen molar-refractivity contribution in [3.05, 3.63) is 102 Å². The Hall–Kier alpha value is -3.52. The van der Waals surface area contributed by atoms with E-state index in [1.165, 1.54) is 38.2 Å². The van der Waals surface area contributed by atoms with Gasteiger partial charge in [-0.1, -0.05) is 74.5 Å².